The van der Waals surface area contributed by atoms with Crippen LogP contribution in [-0.2, 0) is 4.74 Å². The molecule has 4 heteroatoms. The lowest BCUT2D eigenvalue weighted by Gasteiger charge is -2.05. The molecule has 132 valence electrons. The molecule has 4 rings (SSSR count). The molecule has 3 aromatic carbocycles. The highest BCUT2D eigenvalue weighted by atomic mass is 16.5. The molecule has 0 unspecified atom stereocenters. The molecule has 0 fully saturated rings. The molecule has 0 saturated heterocycles. The minimum Gasteiger partial charge on any atom is -0.451 e. The van der Waals surface area contributed by atoms with Gasteiger partial charge in [0.2, 0.25) is 5.76 Å². The van der Waals surface area contributed by atoms with Crippen molar-refractivity contribution >= 4 is 22.7 Å². The van der Waals surface area contributed by atoms with Gasteiger partial charge in [0.05, 0.1) is 0 Å². The van der Waals surface area contributed by atoms with Crippen LogP contribution >= 0.6 is 0 Å². The zero-order chi connectivity index (χ0) is 18.6. The van der Waals surface area contributed by atoms with Crippen LogP contribution in [0.25, 0.3) is 22.1 Å². The second-order valence-electron chi connectivity index (χ2n) is 6.09. The number of esters is 1. The van der Waals surface area contributed by atoms with Crippen LogP contribution in [0.5, 0.6) is 0 Å². The number of carbonyl (C=O) groups excluding carboxylic acids is 2. The molecule has 0 bridgehead atoms. The first-order valence-electron chi connectivity index (χ1n) is 8.55. The van der Waals surface area contributed by atoms with Crippen molar-refractivity contribution in [2.24, 2.45) is 0 Å². The highest BCUT2D eigenvalue weighted by Crippen LogP contribution is 2.21. The quantitative estimate of drug-likeness (QED) is 0.367. The first-order valence-corrected chi connectivity index (χ1v) is 8.55. The third-order valence-electron chi connectivity index (χ3n) is 4.28. The molecule has 1 aromatic heterocycles. The summed E-state index contributed by atoms with van der Waals surface area (Å²) in [4.78, 5) is 24.4. The van der Waals surface area contributed by atoms with E-state index < -0.39 is 5.97 Å². The minimum absolute atomic E-state index is 0.0865. The van der Waals surface area contributed by atoms with Crippen LogP contribution in [0.1, 0.15) is 20.9 Å². The predicted octanol–water partition coefficient (Wildman–Crippen LogP) is 5.14. The van der Waals surface area contributed by atoms with Crippen LogP contribution in [-0.4, -0.2) is 18.4 Å². The van der Waals surface area contributed by atoms with E-state index >= 15 is 0 Å². The van der Waals surface area contributed by atoms with E-state index in [1.54, 1.807) is 24.3 Å². The third kappa shape index (κ3) is 3.65. The number of benzene rings is 3. The van der Waals surface area contributed by atoms with Gasteiger partial charge >= 0.3 is 5.97 Å². The van der Waals surface area contributed by atoms with Crippen molar-refractivity contribution in [3.8, 4) is 11.1 Å². The number of carbonyl (C=O) groups is 2. The summed E-state index contributed by atoms with van der Waals surface area (Å²) in [5.41, 5.74) is 3.19. The fourth-order valence-electron chi connectivity index (χ4n) is 2.85. The Kier molecular flexibility index (Phi) is 4.54. The van der Waals surface area contributed by atoms with Crippen LogP contribution in [0.2, 0.25) is 0 Å². The Hall–Kier alpha value is -3.66. The average molecular weight is 356 g/mol. The summed E-state index contributed by atoms with van der Waals surface area (Å²) in [6.45, 7) is -0.333. The number of para-hydroxylation sites is 1. The van der Waals surface area contributed by atoms with Gasteiger partial charge in [-0.05, 0) is 23.3 Å². The predicted molar refractivity (Wildman–Crippen MR) is 103 cm³/mol. The molecule has 4 nitrogen and oxygen atoms in total. The largest absolute Gasteiger partial charge is 0.451 e. The molecule has 0 radical (unpaired) electrons. The maximum atomic E-state index is 12.3. The molecular formula is C23H16O4. The highest BCUT2D eigenvalue weighted by Gasteiger charge is 2.16. The second-order valence-corrected chi connectivity index (χ2v) is 6.09. The van der Waals surface area contributed by atoms with E-state index in [0.717, 1.165) is 16.5 Å². The van der Waals surface area contributed by atoms with E-state index in [9.17, 15) is 9.59 Å². The van der Waals surface area contributed by atoms with Gasteiger partial charge < -0.3 is 9.15 Å². The Morgan fingerprint density at radius 2 is 1.44 bits per heavy atom. The Bertz CT molecular complexity index is 1060. The maximum Gasteiger partial charge on any atom is 0.374 e. The molecule has 4 aromatic rings. The molecule has 0 spiro atoms. The molecule has 0 saturated carbocycles. The van der Waals surface area contributed by atoms with Gasteiger partial charge in [0, 0.05) is 10.9 Å². The zero-order valence-corrected chi connectivity index (χ0v) is 14.4. The highest BCUT2D eigenvalue weighted by molar-refractivity contribution is 6.00. The summed E-state index contributed by atoms with van der Waals surface area (Å²) >= 11 is 0. The zero-order valence-electron chi connectivity index (χ0n) is 14.4. The van der Waals surface area contributed by atoms with Crippen LogP contribution in [0.4, 0.5) is 0 Å². The Labute approximate surface area is 156 Å². The maximum absolute atomic E-state index is 12.3. The lowest BCUT2D eigenvalue weighted by molar-refractivity contribution is 0.0446. The molecule has 0 N–H and O–H groups in total. The number of furan rings is 1. The van der Waals surface area contributed by atoms with Gasteiger partial charge in [-0.3, -0.25) is 4.79 Å². The number of ketones is 1. The monoisotopic (exact) mass is 356 g/mol. The summed E-state index contributed by atoms with van der Waals surface area (Å²) in [5, 5.41) is 0.812. The van der Waals surface area contributed by atoms with Crippen LogP contribution < -0.4 is 0 Å². The van der Waals surface area contributed by atoms with Crippen LogP contribution in [0, 0.1) is 0 Å². The van der Waals surface area contributed by atoms with Gasteiger partial charge in [-0.1, -0.05) is 72.8 Å². The summed E-state index contributed by atoms with van der Waals surface area (Å²) in [6, 6.07) is 26.0. The first kappa shape index (κ1) is 16.8. The molecular weight excluding hydrogens is 340 g/mol. The van der Waals surface area contributed by atoms with Gasteiger partial charge in [0.15, 0.2) is 12.4 Å². The average Bonchev–Trinajstić information content (AvgIpc) is 3.17. The van der Waals surface area contributed by atoms with E-state index in [0.29, 0.717) is 11.1 Å². The Balaban J connectivity index is 1.41. The van der Waals surface area contributed by atoms with Crippen LogP contribution in [0.15, 0.2) is 89.3 Å². The van der Waals surface area contributed by atoms with E-state index in [1.165, 1.54) is 0 Å². The molecule has 0 amide bonds. The number of rotatable bonds is 5. The Morgan fingerprint density at radius 3 is 2.19 bits per heavy atom. The first-order chi connectivity index (χ1) is 13.2. The summed E-state index contributed by atoms with van der Waals surface area (Å²) < 4.78 is 10.6. The lowest BCUT2D eigenvalue weighted by atomic mass is 10.0. The summed E-state index contributed by atoms with van der Waals surface area (Å²) in [5.74, 6) is -0.831. The minimum atomic E-state index is -0.652. The van der Waals surface area contributed by atoms with E-state index in [1.807, 2.05) is 60.7 Å². The number of hydrogen-bond donors (Lipinski definition) is 0. The molecule has 1 heterocycles. The fraction of sp³-hybridized carbons (Fsp3) is 0.0435. The number of hydrogen-bond acceptors (Lipinski definition) is 4. The smallest absolute Gasteiger partial charge is 0.374 e. The SMILES string of the molecule is O=C(COC(=O)c1cc2ccccc2o1)c1ccc(-c2ccccc2)cc1. The van der Waals surface area contributed by atoms with Gasteiger partial charge in [0.25, 0.3) is 0 Å². The van der Waals surface area contributed by atoms with E-state index in [2.05, 4.69) is 0 Å². The summed E-state index contributed by atoms with van der Waals surface area (Å²) in [7, 11) is 0. The topological polar surface area (TPSA) is 56.5 Å². The number of fused-ring (bicyclic) bond motifs is 1. The van der Waals surface area contributed by atoms with Crippen molar-refractivity contribution in [1.29, 1.82) is 0 Å². The fourth-order valence-corrected chi connectivity index (χ4v) is 2.85. The van der Waals surface area contributed by atoms with Gasteiger partial charge in [-0.25, -0.2) is 4.79 Å². The van der Waals surface area contributed by atoms with Crippen molar-refractivity contribution in [2.75, 3.05) is 6.61 Å². The van der Waals surface area contributed by atoms with E-state index in [4.69, 9.17) is 9.15 Å². The molecule has 27 heavy (non-hydrogen) atoms. The van der Waals surface area contributed by atoms with Crippen LogP contribution in [0.3, 0.4) is 0 Å². The Morgan fingerprint density at radius 1 is 0.778 bits per heavy atom. The van der Waals surface area contributed by atoms with Gasteiger partial charge in [-0.2, -0.15) is 0 Å². The number of Topliss-reactive ketones (excluding diaryl/α,β-unsaturated/α-hetero) is 1. The molecule has 0 aliphatic heterocycles. The van der Waals surface area contributed by atoms with Crippen molar-refractivity contribution in [1.82, 2.24) is 0 Å². The van der Waals surface area contributed by atoms with Crippen molar-refractivity contribution in [2.45, 2.75) is 0 Å². The lowest BCUT2D eigenvalue weighted by Crippen LogP contribution is -2.13. The molecule has 0 aliphatic rings. The molecule has 0 aliphatic carbocycles. The normalized spacial score (nSPS) is 10.7. The number of ether oxygens (including phenoxy) is 1. The summed E-state index contributed by atoms with van der Waals surface area (Å²) in [6.07, 6.45) is 0. The molecule has 0 atom stereocenters. The van der Waals surface area contributed by atoms with Crippen molar-refractivity contribution in [3.63, 3.8) is 0 Å². The second kappa shape index (κ2) is 7.30. The van der Waals surface area contributed by atoms with E-state index in [-0.39, 0.29) is 18.2 Å². The van der Waals surface area contributed by atoms with Crippen molar-refractivity contribution < 1.29 is 18.7 Å². The van der Waals surface area contributed by atoms with Gasteiger partial charge in [0.1, 0.15) is 5.58 Å². The van der Waals surface area contributed by atoms with Crippen molar-refractivity contribution in [3.05, 3.63) is 96.3 Å². The third-order valence-corrected chi connectivity index (χ3v) is 4.28. The standard InChI is InChI=1S/C23H16O4/c24-20(18-12-10-17(11-13-18)16-6-2-1-3-7-16)15-26-23(25)22-14-19-8-4-5-9-21(19)27-22/h1-14H,15H2. The van der Waals surface area contributed by atoms with Gasteiger partial charge in [-0.15, -0.1) is 0 Å².